The second-order valence-electron chi connectivity index (χ2n) is 16.4. The van der Waals surface area contributed by atoms with E-state index >= 15 is 0 Å². The van der Waals surface area contributed by atoms with E-state index in [1.807, 2.05) is 23.1 Å². The first kappa shape index (κ1) is 34.7. The smallest absolute Gasteiger partial charge is 0.0774 e. The second kappa shape index (κ2) is 13.4. The van der Waals surface area contributed by atoms with Crippen LogP contribution in [0.25, 0.3) is 43.5 Å². The number of anilines is 5. The number of thiophene rings is 1. The maximum atomic E-state index is 2.63. The third-order valence-corrected chi connectivity index (χ3v) is 15.6. The molecule has 9 aromatic rings. The van der Waals surface area contributed by atoms with Crippen molar-refractivity contribution >= 4 is 61.6 Å². The minimum absolute atomic E-state index is 0.0369. The van der Waals surface area contributed by atoms with Crippen molar-refractivity contribution in [1.82, 2.24) is 0 Å². The van der Waals surface area contributed by atoms with E-state index in [9.17, 15) is 0 Å². The van der Waals surface area contributed by atoms with Crippen LogP contribution in [0.2, 0.25) is 0 Å². The molecule has 0 bridgehead atoms. The molecule has 2 unspecified atom stereocenters. The second-order valence-corrected chi connectivity index (χ2v) is 18.7. The zero-order valence-corrected chi connectivity index (χ0v) is 34.5. The molecule has 3 aliphatic rings. The lowest BCUT2D eigenvalue weighted by Gasteiger charge is -2.30. The van der Waals surface area contributed by atoms with Gasteiger partial charge in [-0.25, -0.2) is 0 Å². The van der Waals surface area contributed by atoms with Gasteiger partial charge in [-0.2, -0.15) is 0 Å². The molecule has 282 valence electrons. The van der Waals surface area contributed by atoms with Gasteiger partial charge in [-0.3, -0.25) is 0 Å². The van der Waals surface area contributed by atoms with Crippen LogP contribution in [0.15, 0.2) is 199 Å². The topological polar surface area (TPSA) is 6.48 Å². The van der Waals surface area contributed by atoms with E-state index < -0.39 is 0 Å². The molecule has 0 radical (unpaired) electrons. The van der Waals surface area contributed by atoms with Gasteiger partial charge >= 0.3 is 0 Å². The minimum Gasteiger partial charge on any atom is -0.331 e. The van der Waals surface area contributed by atoms with Gasteiger partial charge in [0.1, 0.15) is 0 Å². The monoisotopic (exact) mass is 792 g/mol. The zero-order valence-electron chi connectivity index (χ0n) is 32.8. The first-order valence-electron chi connectivity index (χ1n) is 20.5. The Morgan fingerprint density at radius 2 is 1.10 bits per heavy atom. The van der Waals surface area contributed by atoms with Gasteiger partial charge in [0.25, 0.3) is 0 Å². The van der Waals surface area contributed by atoms with E-state index in [0.717, 1.165) is 17.1 Å². The average Bonchev–Trinajstić information content (AvgIpc) is 4.01. The number of rotatable bonds is 6. The van der Waals surface area contributed by atoms with Gasteiger partial charge in [-0.05, 0) is 111 Å². The fourth-order valence-electron chi connectivity index (χ4n) is 10.0. The third-order valence-electron chi connectivity index (χ3n) is 12.8. The van der Waals surface area contributed by atoms with Crippen LogP contribution in [0.5, 0.6) is 0 Å². The quantitative estimate of drug-likeness (QED) is 0.166. The lowest BCUT2D eigenvalue weighted by atomic mass is 9.82. The van der Waals surface area contributed by atoms with Gasteiger partial charge in [0.05, 0.1) is 17.0 Å². The number of fused-ring (bicyclic) bond motifs is 10. The summed E-state index contributed by atoms with van der Waals surface area (Å²) < 4.78 is 1.36. The lowest BCUT2D eigenvalue weighted by Crippen LogP contribution is -2.19. The van der Waals surface area contributed by atoms with Gasteiger partial charge < -0.3 is 9.80 Å². The van der Waals surface area contributed by atoms with Crippen molar-refractivity contribution in [2.24, 2.45) is 0 Å². The molecule has 0 amide bonds. The number of thioether (sulfide) groups is 1. The molecule has 3 heterocycles. The van der Waals surface area contributed by atoms with Crippen molar-refractivity contribution < 1.29 is 0 Å². The highest BCUT2D eigenvalue weighted by Crippen LogP contribution is 2.67. The van der Waals surface area contributed by atoms with Gasteiger partial charge in [-0.15, -0.1) is 23.1 Å². The standard InChI is InChI=1S/C55H40N2S2/c1-55(2)46-19-9-6-15-43(46)50-42(18-12-20-47(50)55)37-25-29-39(30-26-37)56(38-27-23-36(24-28-38)35-13-4-3-5-14-35)40-31-33-41(34-32-40)57-51-44-16-7-10-21-48(44)58-53(51)54-52(57)45-17-8-11-22-49(45)59-54/h3-34,51,53H,1-2H3. The summed E-state index contributed by atoms with van der Waals surface area (Å²) >= 11 is 3.99. The van der Waals surface area contributed by atoms with Crippen molar-refractivity contribution in [2.45, 2.75) is 35.4 Å². The van der Waals surface area contributed by atoms with Crippen LogP contribution in [0.3, 0.4) is 0 Å². The minimum atomic E-state index is -0.0369. The third kappa shape index (κ3) is 5.33. The number of hydrogen-bond acceptors (Lipinski definition) is 4. The van der Waals surface area contributed by atoms with Gasteiger partial charge in [0.15, 0.2) is 0 Å². The lowest BCUT2D eigenvalue weighted by molar-refractivity contribution is 0.660. The largest absolute Gasteiger partial charge is 0.331 e. The summed E-state index contributed by atoms with van der Waals surface area (Å²) in [4.78, 5) is 7.91. The van der Waals surface area contributed by atoms with Gasteiger partial charge in [-0.1, -0.05) is 147 Å². The maximum absolute atomic E-state index is 2.63. The fourth-order valence-corrected chi connectivity index (χ4v) is 12.9. The van der Waals surface area contributed by atoms with E-state index in [2.05, 4.69) is 218 Å². The summed E-state index contributed by atoms with van der Waals surface area (Å²) in [5.74, 6) is 0. The molecule has 2 aliphatic heterocycles. The number of benzene rings is 8. The molecular formula is C55H40N2S2. The van der Waals surface area contributed by atoms with Crippen molar-refractivity contribution in [3.8, 4) is 33.4 Å². The molecule has 0 N–H and O–H groups in total. The first-order valence-corrected chi connectivity index (χ1v) is 22.2. The van der Waals surface area contributed by atoms with E-state index in [-0.39, 0.29) is 11.5 Å². The van der Waals surface area contributed by atoms with Gasteiger partial charge in [0.2, 0.25) is 0 Å². The summed E-state index contributed by atoms with van der Waals surface area (Å²) in [5, 5.41) is 1.73. The average molecular weight is 793 g/mol. The van der Waals surface area contributed by atoms with E-state index in [0.29, 0.717) is 5.25 Å². The number of nitrogens with zero attached hydrogens (tertiary/aromatic N) is 2. The Balaban J connectivity index is 0.957. The molecule has 1 aromatic heterocycles. The number of hydrogen-bond donors (Lipinski definition) is 0. The van der Waals surface area contributed by atoms with Crippen LogP contribution < -0.4 is 9.80 Å². The summed E-state index contributed by atoms with van der Waals surface area (Å²) in [5.41, 5.74) is 17.8. The Morgan fingerprint density at radius 3 is 1.88 bits per heavy atom. The van der Waals surface area contributed by atoms with E-state index in [1.54, 1.807) is 0 Å². The van der Waals surface area contributed by atoms with Crippen LogP contribution in [-0.2, 0) is 5.41 Å². The SMILES string of the molecule is CC1(C)c2ccccc2-c2c(-c3ccc(N(c4ccc(-c5ccccc5)cc4)c4ccc(N5c6c(sc7ccccc67)C6Sc7ccccc7C65)cc4)cc3)cccc21. The predicted octanol–water partition coefficient (Wildman–Crippen LogP) is 16.1. The normalized spacial score (nSPS) is 16.7. The van der Waals surface area contributed by atoms with Crippen molar-refractivity contribution in [3.63, 3.8) is 0 Å². The van der Waals surface area contributed by atoms with Crippen LogP contribution >= 0.6 is 23.1 Å². The van der Waals surface area contributed by atoms with Crippen molar-refractivity contribution in [3.05, 3.63) is 216 Å². The molecule has 0 saturated heterocycles. The maximum Gasteiger partial charge on any atom is 0.0774 e. The van der Waals surface area contributed by atoms with Crippen LogP contribution in [0.1, 0.15) is 46.7 Å². The molecule has 0 fully saturated rings. The molecule has 1 aliphatic carbocycles. The van der Waals surface area contributed by atoms with Crippen molar-refractivity contribution in [1.29, 1.82) is 0 Å². The fraction of sp³-hybridized carbons (Fsp3) is 0.0909. The first-order chi connectivity index (χ1) is 29.0. The van der Waals surface area contributed by atoms with Crippen LogP contribution in [0, 0.1) is 0 Å². The van der Waals surface area contributed by atoms with E-state index in [1.165, 1.54) is 81.3 Å². The zero-order chi connectivity index (χ0) is 39.2. The molecule has 59 heavy (non-hydrogen) atoms. The Labute approximate surface area is 354 Å². The highest BCUT2D eigenvalue weighted by Gasteiger charge is 2.48. The highest BCUT2D eigenvalue weighted by atomic mass is 32.2. The molecule has 0 spiro atoms. The van der Waals surface area contributed by atoms with Gasteiger partial charge in [0, 0.05) is 48.0 Å². The Hall–Kier alpha value is -6.33. The van der Waals surface area contributed by atoms with Crippen LogP contribution in [-0.4, -0.2) is 0 Å². The van der Waals surface area contributed by atoms with E-state index in [4.69, 9.17) is 0 Å². The molecule has 2 nitrogen and oxygen atoms in total. The highest BCUT2D eigenvalue weighted by molar-refractivity contribution is 8.00. The molecule has 12 rings (SSSR count). The molecule has 0 saturated carbocycles. The Bertz CT molecular complexity index is 3050. The summed E-state index contributed by atoms with van der Waals surface area (Å²) in [6, 6.07) is 72.1. The predicted molar refractivity (Wildman–Crippen MR) is 251 cm³/mol. The summed E-state index contributed by atoms with van der Waals surface area (Å²) in [7, 11) is 0. The molecule has 4 heteroatoms. The van der Waals surface area contributed by atoms with Crippen LogP contribution in [0.4, 0.5) is 28.4 Å². The summed E-state index contributed by atoms with van der Waals surface area (Å²) in [6.45, 7) is 4.71. The Morgan fingerprint density at radius 1 is 0.508 bits per heavy atom. The Kier molecular flexibility index (Phi) is 7.85. The molecule has 2 atom stereocenters. The molecule has 8 aromatic carbocycles. The van der Waals surface area contributed by atoms with Crippen molar-refractivity contribution in [2.75, 3.05) is 9.80 Å². The summed E-state index contributed by atoms with van der Waals surface area (Å²) in [6.07, 6.45) is 0. The molecular weight excluding hydrogens is 753 g/mol.